The molecule has 0 radical (unpaired) electrons. The molecule has 1 heterocycles. The third-order valence-electron chi connectivity index (χ3n) is 4.72. The van der Waals surface area contributed by atoms with Crippen molar-refractivity contribution in [3.8, 4) is 0 Å². The van der Waals surface area contributed by atoms with Crippen molar-refractivity contribution >= 4 is 28.2 Å². The zero-order chi connectivity index (χ0) is 19.6. The summed E-state index contributed by atoms with van der Waals surface area (Å²) in [4.78, 5) is 14.4. The Hall–Kier alpha value is -2.03. The number of halogens is 3. The van der Waals surface area contributed by atoms with Crippen LogP contribution >= 0.6 is 12.4 Å². The number of amides is 1. The molecule has 1 fully saturated rings. The maximum atomic E-state index is 12.7. The Morgan fingerprint density at radius 3 is 2.25 bits per heavy atom. The van der Waals surface area contributed by atoms with E-state index in [1.54, 1.807) is 4.90 Å². The van der Waals surface area contributed by atoms with Crippen molar-refractivity contribution in [1.82, 2.24) is 4.90 Å². The smallest absolute Gasteiger partial charge is 0.336 e. The second-order valence-electron chi connectivity index (χ2n) is 6.66. The minimum atomic E-state index is -4.49. The molecule has 5 nitrogen and oxygen atoms in total. The number of likely N-dealkylation sites (tertiary alicyclic amines) is 1. The van der Waals surface area contributed by atoms with Crippen LogP contribution in [-0.4, -0.2) is 44.1 Å². The molecule has 2 N–H and O–H groups in total. The van der Waals surface area contributed by atoms with Crippen LogP contribution in [0.3, 0.4) is 0 Å². The van der Waals surface area contributed by atoms with Gasteiger partial charge in [-0.25, -0.2) is 8.42 Å². The zero-order valence-electron chi connectivity index (χ0n) is 14.9. The molecule has 0 aromatic heterocycles. The highest BCUT2D eigenvalue weighted by atomic mass is 35.5. The van der Waals surface area contributed by atoms with E-state index >= 15 is 0 Å². The van der Waals surface area contributed by atoms with Gasteiger partial charge in [0.15, 0.2) is 0 Å². The van der Waals surface area contributed by atoms with Crippen molar-refractivity contribution in [3.63, 3.8) is 0 Å². The first kappa shape index (κ1) is 22.3. The molecule has 0 aliphatic carbocycles. The number of carbonyl (C=O) groups is 1. The van der Waals surface area contributed by atoms with E-state index in [1.165, 1.54) is 24.3 Å². The van der Waals surface area contributed by atoms with Crippen molar-refractivity contribution in [2.75, 3.05) is 13.1 Å². The fraction of sp³-hybridized carbons (Fsp3) is 0.316. The fourth-order valence-corrected chi connectivity index (χ4v) is 4.05. The van der Waals surface area contributed by atoms with E-state index < -0.39 is 21.3 Å². The molecule has 2 aromatic carbocycles. The second-order valence-corrected chi connectivity index (χ2v) is 8.63. The first-order valence-electron chi connectivity index (χ1n) is 8.46. The molecule has 1 saturated heterocycles. The van der Waals surface area contributed by atoms with E-state index in [2.05, 4.69) is 0 Å². The van der Waals surface area contributed by atoms with E-state index in [-0.39, 0.29) is 35.8 Å². The van der Waals surface area contributed by atoms with Crippen molar-refractivity contribution in [3.05, 3.63) is 71.3 Å². The SMILES string of the molecule is Cl.N[C@@H]1CN(C(=O)c2ccc(CS(=O)(=O)C(F)F)cc2)C[C@H]1c1ccccc1. The van der Waals surface area contributed by atoms with Crippen LogP contribution in [-0.2, 0) is 15.6 Å². The van der Waals surface area contributed by atoms with Crippen molar-refractivity contribution in [2.24, 2.45) is 5.73 Å². The molecule has 1 aliphatic heterocycles. The number of alkyl halides is 2. The maximum absolute atomic E-state index is 12.7. The third-order valence-corrected chi connectivity index (χ3v) is 6.00. The van der Waals surface area contributed by atoms with Crippen LogP contribution < -0.4 is 5.73 Å². The third kappa shape index (κ3) is 4.87. The average molecular weight is 431 g/mol. The summed E-state index contributed by atoms with van der Waals surface area (Å²) in [7, 11) is -4.49. The predicted octanol–water partition coefficient (Wildman–Crippen LogP) is 2.81. The molecule has 9 heteroatoms. The summed E-state index contributed by atoms with van der Waals surface area (Å²) >= 11 is 0. The standard InChI is InChI=1S/C19H20F2N2O3S.ClH/c20-19(21)27(25,26)12-13-6-8-15(9-7-13)18(24)23-10-16(17(22)11-23)14-4-2-1-3-5-14;/h1-9,16-17,19H,10-12,22H2;1H/t16-,17+;/m0./s1. The maximum Gasteiger partial charge on any atom is 0.337 e. The van der Waals surface area contributed by atoms with Gasteiger partial charge in [-0.15, -0.1) is 12.4 Å². The highest BCUT2D eigenvalue weighted by Crippen LogP contribution is 2.27. The lowest BCUT2D eigenvalue weighted by molar-refractivity contribution is 0.0789. The van der Waals surface area contributed by atoms with Gasteiger partial charge in [0.2, 0.25) is 9.84 Å². The van der Waals surface area contributed by atoms with Crippen LogP contribution in [0.1, 0.15) is 27.4 Å². The number of carbonyl (C=O) groups excluding carboxylic acids is 1. The van der Waals surface area contributed by atoms with E-state index in [0.717, 1.165) is 5.56 Å². The summed E-state index contributed by atoms with van der Waals surface area (Å²) in [6.07, 6.45) is 0. The number of nitrogens with two attached hydrogens (primary N) is 1. The van der Waals surface area contributed by atoms with Crippen LogP contribution in [0.5, 0.6) is 0 Å². The van der Waals surface area contributed by atoms with E-state index in [4.69, 9.17) is 5.73 Å². The summed E-state index contributed by atoms with van der Waals surface area (Å²) in [6.45, 7) is 0.908. The Kier molecular flexibility index (Phi) is 7.14. The average Bonchev–Trinajstić information content (AvgIpc) is 3.04. The highest BCUT2D eigenvalue weighted by Gasteiger charge is 2.34. The van der Waals surface area contributed by atoms with Gasteiger partial charge < -0.3 is 10.6 Å². The minimum absolute atomic E-state index is 0. The van der Waals surface area contributed by atoms with Gasteiger partial charge in [-0.05, 0) is 23.3 Å². The Morgan fingerprint density at radius 1 is 1.07 bits per heavy atom. The lowest BCUT2D eigenvalue weighted by Crippen LogP contribution is -2.32. The summed E-state index contributed by atoms with van der Waals surface area (Å²) in [5.74, 6) is -4.35. The lowest BCUT2D eigenvalue weighted by atomic mass is 9.95. The summed E-state index contributed by atoms with van der Waals surface area (Å²) in [6, 6.07) is 15.3. The Balaban J connectivity index is 0.00000280. The molecule has 0 unspecified atom stereocenters. The molecule has 1 amide bonds. The quantitative estimate of drug-likeness (QED) is 0.790. The molecular formula is C19H21ClF2N2O3S. The van der Waals surface area contributed by atoms with E-state index in [0.29, 0.717) is 18.7 Å². The monoisotopic (exact) mass is 430 g/mol. The molecule has 3 rings (SSSR count). The number of rotatable bonds is 5. The van der Waals surface area contributed by atoms with Gasteiger partial charge in [0.25, 0.3) is 5.91 Å². The highest BCUT2D eigenvalue weighted by molar-refractivity contribution is 7.90. The molecule has 0 bridgehead atoms. The molecular weight excluding hydrogens is 410 g/mol. The van der Waals surface area contributed by atoms with E-state index in [9.17, 15) is 22.0 Å². The van der Waals surface area contributed by atoms with Gasteiger partial charge in [-0.1, -0.05) is 42.5 Å². The van der Waals surface area contributed by atoms with Gasteiger partial charge >= 0.3 is 5.76 Å². The number of sulfone groups is 1. The second kappa shape index (κ2) is 8.98. The van der Waals surface area contributed by atoms with Crippen LogP contribution in [0.25, 0.3) is 0 Å². The topological polar surface area (TPSA) is 80.5 Å². The molecule has 2 atom stereocenters. The number of benzene rings is 2. The number of hydrogen-bond donors (Lipinski definition) is 1. The van der Waals surface area contributed by atoms with Crippen LogP contribution in [0.2, 0.25) is 0 Å². The number of nitrogens with zero attached hydrogens (tertiary/aromatic N) is 1. The molecule has 0 spiro atoms. The number of hydrogen-bond acceptors (Lipinski definition) is 4. The van der Waals surface area contributed by atoms with Gasteiger partial charge in [-0.3, -0.25) is 4.79 Å². The first-order chi connectivity index (χ1) is 12.8. The predicted molar refractivity (Wildman–Crippen MR) is 105 cm³/mol. The molecule has 0 saturated carbocycles. The van der Waals surface area contributed by atoms with Crippen LogP contribution in [0, 0.1) is 0 Å². The molecule has 1 aliphatic rings. The van der Waals surface area contributed by atoms with Gasteiger partial charge in [0.05, 0.1) is 5.75 Å². The summed E-state index contributed by atoms with van der Waals surface area (Å²) < 4.78 is 47.5. The van der Waals surface area contributed by atoms with E-state index in [1.807, 2.05) is 30.3 Å². The largest absolute Gasteiger partial charge is 0.337 e. The molecule has 2 aromatic rings. The Bertz CT molecular complexity index is 909. The van der Waals surface area contributed by atoms with Crippen LogP contribution in [0.15, 0.2) is 54.6 Å². The Morgan fingerprint density at radius 2 is 1.68 bits per heavy atom. The Labute approximate surface area is 168 Å². The first-order valence-corrected chi connectivity index (χ1v) is 10.2. The normalized spacial score (nSPS) is 19.5. The fourth-order valence-electron chi connectivity index (χ4n) is 3.27. The van der Waals surface area contributed by atoms with Crippen molar-refractivity contribution in [1.29, 1.82) is 0 Å². The lowest BCUT2D eigenvalue weighted by Gasteiger charge is -2.17. The van der Waals surface area contributed by atoms with Crippen LogP contribution in [0.4, 0.5) is 8.78 Å². The van der Waals surface area contributed by atoms with Crippen molar-refractivity contribution < 1.29 is 22.0 Å². The molecule has 28 heavy (non-hydrogen) atoms. The zero-order valence-corrected chi connectivity index (χ0v) is 16.5. The minimum Gasteiger partial charge on any atom is -0.336 e. The summed E-state index contributed by atoms with van der Waals surface area (Å²) in [5, 5.41) is 0. The molecule has 152 valence electrons. The van der Waals surface area contributed by atoms with Gasteiger partial charge in [0.1, 0.15) is 0 Å². The van der Waals surface area contributed by atoms with Gasteiger partial charge in [-0.2, -0.15) is 8.78 Å². The summed E-state index contributed by atoms with van der Waals surface area (Å²) in [5.41, 5.74) is 7.87. The van der Waals surface area contributed by atoms with Gasteiger partial charge in [0, 0.05) is 30.6 Å². The van der Waals surface area contributed by atoms with Crippen molar-refractivity contribution in [2.45, 2.75) is 23.5 Å².